The Balaban J connectivity index is 1.01. The maximum Gasteiger partial charge on any atom is 0.251 e. The van der Waals surface area contributed by atoms with Crippen LogP contribution in [0.5, 0.6) is 5.75 Å². The first-order valence-corrected chi connectivity index (χ1v) is 21.3. The summed E-state index contributed by atoms with van der Waals surface area (Å²) in [5, 5.41) is 41.2. The number of carbonyl (C=O) groups is 4. The van der Waals surface area contributed by atoms with Crippen molar-refractivity contribution < 1.29 is 33.8 Å². The van der Waals surface area contributed by atoms with Gasteiger partial charge in [-0.1, -0.05) is 72.2 Å². The van der Waals surface area contributed by atoms with Crippen LogP contribution >= 0.6 is 11.6 Å². The molecule has 3 atom stereocenters. The van der Waals surface area contributed by atoms with Gasteiger partial charge < -0.3 is 40.7 Å². The largest absolute Gasteiger partial charge is 0.489 e. The fraction of sp³-hybridized carbons (Fsp3) is 0.489. The Kier molecular flexibility index (Phi) is 15.3. The number of benzene rings is 3. The van der Waals surface area contributed by atoms with E-state index in [0.717, 1.165) is 17.7 Å². The van der Waals surface area contributed by atoms with Crippen LogP contribution in [0.3, 0.4) is 0 Å². The number of aliphatic hydroxyl groups is 1. The summed E-state index contributed by atoms with van der Waals surface area (Å²) in [5.41, 5.74) is 1.58. The average Bonchev–Trinajstić information content (AvgIpc) is 3.63. The van der Waals surface area contributed by atoms with Crippen molar-refractivity contribution in [2.75, 3.05) is 31.6 Å². The predicted octanol–water partition coefficient (Wildman–Crippen LogP) is 5.71. The van der Waals surface area contributed by atoms with Gasteiger partial charge in [0.05, 0.1) is 28.3 Å². The van der Waals surface area contributed by atoms with E-state index in [2.05, 4.69) is 61.1 Å². The van der Waals surface area contributed by atoms with Crippen molar-refractivity contribution in [3.05, 3.63) is 94.0 Å². The number of hydrogen-bond donors (Lipinski definition) is 5. The molecule has 1 unspecified atom stereocenters. The van der Waals surface area contributed by atoms with Gasteiger partial charge in [0.1, 0.15) is 36.6 Å². The number of rotatable bonds is 17. The van der Waals surface area contributed by atoms with Gasteiger partial charge in [-0.3, -0.25) is 19.2 Å². The second-order valence-corrected chi connectivity index (χ2v) is 18.8. The van der Waals surface area contributed by atoms with Crippen LogP contribution in [-0.2, 0) is 25.7 Å². The molecule has 2 fully saturated rings. The van der Waals surface area contributed by atoms with Crippen LogP contribution < -0.4 is 26.0 Å². The Bertz CT molecular complexity index is 2160. The van der Waals surface area contributed by atoms with Crippen LogP contribution in [0.2, 0.25) is 5.02 Å². The normalized spacial score (nSPS) is 20.4. The highest BCUT2D eigenvalue weighted by atomic mass is 35.5. The van der Waals surface area contributed by atoms with Gasteiger partial charge >= 0.3 is 0 Å². The van der Waals surface area contributed by atoms with Gasteiger partial charge in [-0.2, -0.15) is 10.5 Å². The number of likely N-dealkylation sites (tertiary alicyclic amines) is 1. The van der Waals surface area contributed by atoms with Crippen LogP contribution in [0.4, 0.5) is 5.69 Å². The van der Waals surface area contributed by atoms with E-state index in [-0.39, 0.29) is 55.0 Å². The van der Waals surface area contributed by atoms with Crippen LogP contribution in [0.15, 0.2) is 66.7 Å². The SMILES string of the molecule is CC(C)(C)C(NC(=O)COCCCCNc1ccc(C(=O)N[C@H]2C(C)(C)[C@H](Oc3ccc(C#N)c(Cl)c3)C2(C)C)cc1)C(=O)N1C[C@H](O)C[C@H]1C(=O)NCc1ccc(C#N)cc1. The molecule has 2 aliphatic rings. The van der Waals surface area contributed by atoms with Crippen molar-refractivity contribution in [2.45, 2.75) is 105 Å². The van der Waals surface area contributed by atoms with E-state index >= 15 is 0 Å². The number of anilines is 1. The van der Waals surface area contributed by atoms with E-state index < -0.39 is 41.3 Å². The standard InChI is InChI=1S/C47H58ClN7O7/c1-45(2,3)39(42(60)55-27-34(56)22-37(55)41(59)52-26-30-12-10-29(24-49)11-13-30)53-38(57)28-61-21-9-8-20-51-33-17-14-31(15-18-33)40(58)54-43-46(4,5)44(47(43,6)7)62-35-19-16-32(25-50)36(48)23-35/h10-19,23,34,37,39,43-44,51,56H,8-9,20-22,26-28H2,1-7H3,(H,52,59)(H,53,57)(H,54,58)/t34-,37+,39?,43-,44-/m1/s1. The van der Waals surface area contributed by atoms with E-state index in [0.29, 0.717) is 47.0 Å². The number of aliphatic hydroxyl groups excluding tert-OH is 1. The molecule has 15 heteroatoms. The third-order valence-electron chi connectivity index (χ3n) is 11.7. The van der Waals surface area contributed by atoms with Gasteiger partial charge in [0.15, 0.2) is 0 Å². The van der Waals surface area contributed by atoms with Crippen molar-refractivity contribution in [1.29, 1.82) is 10.5 Å². The van der Waals surface area contributed by atoms with E-state index in [1.807, 2.05) is 32.9 Å². The van der Waals surface area contributed by atoms with Crippen LogP contribution in [0, 0.1) is 38.9 Å². The van der Waals surface area contributed by atoms with E-state index in [1.165, 1.54) is 4.90 Å². The fourth-order valence-corrected chi connectivity index (χ4v) is 8.82. The molecule has 0 radical (unpaired) electrons. The molecule has 1 aliphatic heterocycles. The third-order valence-corrected chi connectivity index (χ3v) is 12.0. The molecule has 0 bridgehead atoms. The highest BCUT2D eigenvalue weighted by Gasteiger charge is 2.64. The quantitative estimate of drug-likeness (QED) is 0.105. The lowest BCUT2D eigenvalue weighted by Gasteiger charge is -2.63. The molecule has 1 aliphatic carbocycles. The molecular formula is C47H58ClN7O7. The van der Waals surface area contributed by atoms with Crippen molar-refractivity contribution in [3.63, 3.8) is 0 Å². The highest BCUT2D eigenvalue weighted by molar-refractivity contribution is 6.31. The van der Waals surface area contributed by atoms with Gasteiger partial charge in [0.2, 0.25) is 17.7 Å². The molecule has 14 nitrogen and oxygen atoms in total. The van der Waals surface area contributed by atoms with E-state index in [4.69, 9.17) is 26.3 Å². The molecule has 62 heavy (non-hydrogen) atoms. The molecule has 1 heterocycles. The molecule has 5 N–H and O–H groups in total. The molecule has 1 saturated heterocycles. The number of β-amino-alcohol motifs (C(OH)–C–C–N with tert-alkyl or cyclic N) is 1. The summed E-state index contributed by atoms with van der Waals surface area (Å²) in [5.74, 6) is -0.946. The first-order chi connectivity index (χ1) is 29.3. The number of hydrogen-bond acceptors (Lipinski definition) is 10. The molecule has 3 aromatic carbocycles. The number of nitrogens with one attached hydrogen (secondary N) is 4. The second kappa shape index (κ2) is 20.0. The number of halogens is 1. The van der Waals surface area contributed by atoms with E-state index in [1.54, 1.807) is 54.6 Å². The van der Waals surface area contributed by atoms with Crippen LogP contribution in [0.1, 0.15) is 94.8 Å². The highest BCUT2D eigenvalue weighted by Crippen LogP contribution is 2.55. The minimum absolute atomic E-state index is 0.0330. The minimum Gasteiger partial charge on any atom is -0.489 e. The van der Waals surface area contributed by atoms with E-state index in [9.17, 15) is 29.5 Å². The number of nitriles is 2. The third kappa shape index (κ3) is 11.4. The molecule has 0 aromatic heterocycles. The summed E-state index contributed by atoms with van der Waals surface area (Å²) >= 11 is 6.23. The van der Waals surface area contributed by atoms with Crippen LogP contribution in [-0.4, -0.2) is 90.3 Å². The predicted molar refractivity (Wildman–Crippen MR) is 235 cm³/mol. The number of unbranched alkanes of at least 4 members (excludes halogenated alkanes) is 1. The molecule has 4 amide bonds. The summed E-state index contributed by atoms with van der Waals surface area (Å²) in [6.07, 6.45) is 0.400. The molecular weight excluding hydrogens is 810 g/mol. The minimum atomic E-state index is -0.968. The van der Waals surface area contributed by atoms with Crippen molar-refractivity contribution in [2.24, 2.45) is 16.2 Å². The molecule has 330 valence electrons. The number of carbonyl (C=O) groups excluding carboxylic acids is 4. The maximum atomic E-state index is 13.8. The zero-order chi connectivity index (χ0) is 45.4. The first-order valence-electron chi connectivity index (χ1n) is 20.9. The molecule has 3 aromatic rings. The summed E-state index contributed by atoms with van der Waals surface area (Å²) in [4.78, 5) is 54.7. The molecule has 1 saturated carbocycles. The molecule has 0 spiro atoms. The Morgan fingerprint density at radius 2 is 1.63 bits per heavy atom. The van der Waals surface area contributed by atoms with Gasteiger partial charge in [-0.15, -0.1) is 0 Å². The zero-order valence-electron chi connectivity index (χ0n) is 36.5. The second-order valence-electron chi connectivity index (χ2n) is 18.4. The number of amides is 4. The summed E-state index contributed by atoms with van der Waals surface area (Å²) in [6.45, 7) is 14.6. The zero-order valence-corrected chi connectivity index (χ0v) is 37.3. The smallest absolute Gasteiger partial charge is 0.251 e. The first kappa shape index (κ1) is 47.4. The maximum absolute atomic E-state index is 13.8. The lowest BCUT2D eigenvalue weighted by atomic mass is 9.49. The number of ether oxygens (including phenoxy) is 2. The Hall–Kier alpha value is -5.67. The Labute approximate surface area is 369 Å². The van der Waals surface area contributed by atoms with Crippen molar-refractivity contribution >= 4 is 40.9 Å². The van der Waals surface area contributed by atoms with Gasteiger partial charge in [0.25, 0.3) is 5.91 Å². The number of nitrogens with zero attached hydrogens (tertiary/aromatic N) is 3. The Morgan fingerprint density at radius 1 is 0.952 bits per heavy atom. The lowest BCUT2D eigenvalue weighted by molar-refractivity contribution is -0.164. The molecule has 5 rings (SSSR count). The monoisotopic (exact) mass is 867 g/mol. The Morgan fingerprint density at radius 3 is 2.24 bits per heavy atom. The summed E-state index contributed by atoms with van der Waals surface area (Å²) < 4.78 is 12.0. The van der Waals surface area contributed by atoms with Crippen molar-refractivity contribution in [1.82, 2.24) is 20.9 Å². The van der Waals surface area contributed by atoms with Crippen molar-refractivity contribution in [3.8, 4) is 17.9 Å². The van der Waals surface area contributed by atoms with Gasteiger partial charge in [-0.25, -0.2) is 0 Å². The van der Waals surface area contributed by atoms with Gasteiger partial charge in [-0.05, 0) is 72.4 Å². The topological polar surface area (TPSA) is 206 Å². The summed E-state index contributed by atoms with van der Waals surface area (Å²) in [7, 11) is 0. The fourth-order valence-electron chi connectivity index (χ4n) is 8.60. The lowest BCUT2D eigenvalue weighted by Crippen LogP contribution is -2.74. The van der Waals surface area contributed by atoms with Gasteiger partial charge in [0, 0.05) is 66.9 Å². The average molecular weight is 868 g/mol. The summed E-state index contributed by atoms with van der Waals surface area (Å²) in [6, 6.07) is 21.1. The van der Waals surface area contributed by atoms with Crippen LogP contribution in [0.25, 0.3) is 0 Å².